The van der Waals surface area contributed by atoms with Gasteiger partial charge in [-0.2, -0.15) is 4.98 Å². The Bertz CT molecular complexity index is 1970. The van der Waals surface area contributed by atoms with Crippen molar-refractivity contribution in [2.24, 2.45) is 5.92 Å². The first kappa shape index (κ1) is 34.2. The van der Waals surface area contributed by atoms with Gasteiger partial charge in [0.1, 0.15) is 16.4 Å². The Balaban J connectivity index is 1.18. The second-order valence-electron chi connectivity index (χ2n) is 13.8. The zero-order valence-electron chi connectivity index (χ0n) is 27.9. The zero-order chi connectivity index (χ0) is 34.6. The summed E-state index contributed by atoms with van der Waals surface area (Å²) in [6.45, 7) is 5.34. The lowest BCUT2D eigenvalue weighted by Gasteiger charge is -2.27. The lowest BCUT2D eigenvalue weighted by molar-refractivity contribution is 0.0976. The van der Waals surface area contributed by atoms with Crippen molar-refractivity contribution in [1.29, 1.82) is 0 Å². The highest BCUT2D eigenvalue weighted by atomic mass is 32.2. The van der Waals surface area contributed by atoms with Gasteiger partial charge in [-0.1, -0.05) is 5.92 Å². The maximum absolute atomic E-state index is 12.8. The van der Waals surface area contributed by atoms with Crippen molar-refractivity contribution in [2.45, 2.75) is 88.3 Å². The molecule has 0 unspecified atom stereocenters. The molecule has 49 heavy (non-hydrogen) atoms. The molecule has 12 heteroatoms. The molecule has 11 nitrogen and oxygen atoms in total. The molecule has 1 aromatic carbocycles. The van der Waals surface area contributed by atoms with Crippen LogP contribution in [0.5, 0.6) is 0 Å². The van der Waals surface area contributed by atoms with Gasteiger partial charge in [0.05, 0.1) is 17.4 Å². The largest absolute Gasteiger partial charge is 0.393 e. The highest BCUT2D eigenvalue weighted by molar-refractivity contribution is 7.89. The third-order valence-corrected chi connectivity index (χ3v) is 10.1. The number of benzene rings is 1. The number of carbonyl (C=O) groups excluding carboxylic acids is 1. The van der Waals surface area contributed by atoms with Crippen LogP contribution in [0.4, 0.5) is 17.5 Å². The van der Waals surface area contributed by atoms with E-state index in [-0.39, 0.29) is 22.8 Å². The molecule has 6 rings (SSSR count). The highest BCUT2D eigenvalue weighted by Gasteiger charge is 2.26. The average Bonchev–Trinajstić information content (AvgIpc) is 3.89. The number of anilines is 3. The number of Topliss-reactive ketones (excluding diaryl/α,β-unsaturated/α-hetero) is 1. The lowest BCUT2D eigenvalue weighted by Crippen LogP contribution is -2.40. The predicted octanol–water partition coefficient (Wildman–Crippen LogP) is 5.85. The Labute approximate surface area is 287 Å². The zero-order valence-corrected chi connectivity index (χ0v) is 28.7. The van der Waals surface area contributed by atoms with Gasteiger partial charge < -0.3 is 15.7 Å². The van der Waals surface area contributed by atoms with E-state index in [1.807, 2.05) is 24.3 Å². The summed E-state index contributed by atoms with van der Waals surface area (Å²) in [4.78, 5) is 30.7. The van der Waals surface area contributed by atoms with Gasteiger partial charge in [0.15, 0.2) is 5.78 Å². The summed E-state index contributed by atoms with van der Waals surface area (Å²) in [5.74, 6) is 7.77. The van der Waals surface area contributed by atoms with Crippen molar-refractivity contribution < 1.29 is 18.3 Å². The molecule has 0 radical (unpaired) electrons. The molecule has 2 aliphatic carbocycles. The Morgan fingerprint density at radius 2 is 1.67 bits per heavy atom. The molecular formula is C37H41N7O4S. The summed E-state index contributed by atoms with van der Waals surface area (Å²) in [6.07, 6.45) is 10.2. The second-order valence-corrected chi connectivity index (χ2v) is 15.5. The molecule has 3 heterocycles. The lowest BCUT2D eigenvalue weighted by atomic mass is 9.93. The van der Waals surface area contributed by atoms with Crippen LogP contribution in [0.1, 0.15) is 87.3 Å². The van der Waals surface area contributed by atoms with Crippen LogP contribution < -0.4 is 15.4 Å². The smallest absolute Gasteiger partial charge is 0.242 e. The first-order chi connectivity index (χ1) is 23.4. The molecule has 3 aromatic heterocycles. The van der Waals surface area contributed by atoms with Gasteiger partial charge in [-0.3, -0.25) is 9.78 Å². The van der Waals surface area contributed by atoms with Crippen LogP contribution in [0.15, 0.2) is 72.0 Å². The summed E-state index contributed by atoms with van der Waals surface area (Å²) in [5, 5.41) is 16.8. The predicted molar refractivity (Wildman–Crippen MR) is 189 cm³/mol. The Morgan fingerprint density at radius 1 is 0.918 bits per heavy atom. The van der Waals surface area contributed by atoms with E-state index in [0.29, 0.717) is 59.5 Å². The van der Waals surface area contributed by atoms with E-state index in [9.17, 15) is 18.3 Å². The summed E-state index contributed by atoms with van der Waals surface area (Å²) >= 11 is 0. The molecule has 2 saturated carbocycles. The number of hydrogen-bond donors (Lipinski definition) is 4. The number of aromatic nitrogens is 4. The Hall–Kier alpha value is -4.70. The molecular weight excluding hydrogens is 639 g/mol. The van der Waals surface area contributed by atoms with E-state index in [1.54, 1.807) is 51.4 Å². The van der Waals surface area contributed by atoms with Gasteiger partial charge in [-0.25, -0.2) is 23.1 Å². The van der Waals surface area contributed by atoms with Crippen LogP contribution in [0, 0.1) is 17.8 Å². The van der Waals surface area contributed by atoms with Gasteiger partial charge in [0.25, 0.3) is 0 Å². The standard InChI is InChI=1S/C37H41N7O4S/c1-37(2,3)44-49(47,48)31-16-17-33(39-22-31)32-23-40-36(43-35(32)41-27-12-14-30(45)15-13-27)42-28-9-6-24(7-10-28)8-11-29-21-26(18-19-38-29)34(46)20-25-4-5-25/h6-7,9-10,16-19,21-23,25,27,30,44-45H,4-5,12-15,20H2,1-3H3,(H2,40,41,42,43). The third-order valence-electron chi connectivity index (χ3n) is 8.32. The van der Waals surface area contributed by atoms with Crippen LogP contribution >= 0.6 is 0 Å². The normalized spacial score (nSPS) is 17.9. The van der Waals surface area contributed by atoms with Crippen molar-refractivity contribution in [1.82, 2.24) is 24.7 Å². The number of pyridine rings is 2. The number of ketones is 1. The monoisotopic (exact) mass is 679 g/mol. The Morgan fingerprint density at radius 3 is 2.35 bits per heavy atom. The molecule has 0 bridgehead atoms. The van der Waals surface area contributed by atoms with E-state index in [2.05, 4.69) is 42.1 Å². The Kier molecular flexibility index (Phi) is 10.1. The highest BCUT2D eigenvalue weighted by Crippen LogP contribution is 2.33. The molecule has 0 saturated heterocycles. The van der Waals surface area contributed by atoms with Crippen LogP contribution in [0.2, 0.25) is 0 Å². The summed E-state index contributed by atoms with van der Waals surface area (Å²) in [5.41, 5.74) is 3.27. The molecule has 0 aliphatic heterocycles. The van der Waals surface area contributed by atoms with Crippen molar-refractivity contribution >= 4 is 33.3 Å². The second kappa shape index (κ2) is 14.4. The fraction of sp³-hybridized carbons (Fsp3) is 0.378. The summed E-state index contributed by atoms with van der Waals surface area (Å²) in [7, 11) is -3.74. The maximum atomic E-state index is 12.8. The minimum atomic E-state index is -3.74. The number of rotatable bonds is 10. The number of aliphatic hydroxyl groups is 1. The quantitative estimate of drug-likeness (QED) is 0.118. The first-order valence-corrected chi connectivity index (χ1v) is 18.1. The van der Waals surface area contributed by atoms with Crippen LogP contribution in [0.25, 0.3) is 11.3 Å². The topological polar surface area (TPSA) is 159 Å². The van der Waals surface area contributed by atoms with Crippen molar-refractivity contribution in [3.63, 3.8) is 0 Å². The molecule has 2 fully saturated rings. The number of nitrogens with one attached hydrogen (secondary N) is 3. The third kappa shape index (κ3) is 9.47. The number of carbonyl (C=O) groups is 1. The number of nitrogens with zero attached hydrogens (tertiary/aromatic N) is 4. The molecule has 4 aromatic rings. The molecule has 2 aliphatic rings. The van der Waals surface area contributed by atoms with Gasteiger partial charge in [0.2, 0.25) is 16.0 Å². The maximum Gasteiger partial charge on any atom is 0.242 e. The van der Waals surface area contributed by atoms with Crippen LogP contribution in [-0.4, -0.2) is 56.9 Å². The molecule has 254 valence electrons. The van der Waals surface area contributed by atoms with Crippen molar-refractivity contribution in [3.05, 3.63) is 83.9 Å². The van der Waals surface area contributed by atoms with E-state index < -0.39 is 15.6 Å². The number of hydrogen-bond acceptors (Lipinski definition) is 10. The van der Waals surface area contributed by atoms with Gasteiger partial charge in [-0.05, 0) is 120 Å². The van der Waals surface area contributed by atoms with Gasteiger partial charge in [0, 0.05) is 53.4 Å². The summed E-state index contributed by atoms with van der Waals surface area (Å²) in [6, 6.07) is 14.3. The minimum absolute atomic E-state index is 0.0676. The fourth-order valence-corrected chi connectivity index (χ4v) is 6.95. The molecule has 0 amide bonds. The van der Waals surface area contributed by atoms with Crippen molar-refractivity contribution in [2.75, 3.05) is 10.6 Å². The van der Waals surface area contributed by atoms with E-state index >= 15 is 0 Å². The van der Waals surface area contributed by atoms with E-state index in [4.69, 9.17) is 4.98 Å². The fourth-order valence-electron chi connectivity index (χ4n) is 5.59. The van der Waals surface area contributed by atoms with Crippen LogP contribution in [-0.2, 0) is 10.0 Å². The van der Waals surface area contributed by atoms with Gasteiger partial charge in [-0.15, -0.1) is 0 Å². The van der Waals surface area contributed by atoms with E-state index in [0.717, 1.165) is 36.9 Å². The first-order valence-electron chi connectivity index (χ1n) is 16.6. The SMILES string of the molecule is CC(C)(C)NS(=O)(=O)c1ccc(-c2cnc(Nc3ccc(C#Cc4cc(C(=O)CC5CC5)ccn4)cc3)nc2NC2CCC(O)CC2)nc1. The van der Waals surface area contributed by atoms with Crippen molar-refractivity contribution in [3.8, 4) is 23.1 Å². The number of aliphatic hydroxyl groups excluding tert-OH is 1. The van der Waals surface area contributed by atoms with Gasteiger partial charge >= 0.3 is 0 Å². The summed E-state index contributed by atoms with van der Waals surface area (Å²) < 4.78 is 28.3. The average molecular weight is 680 g/mol. The molecule has 0 atom stereocenters. The molecule has 0 spiro atoms. The van der Waals surface area contributed by atoms with E-state index in [1.165, 1.54) is 12.3 Å². The molecule has 4 N–H and O–H groups in total. The minimum Gasteiger partial charge on any atom is -0.393 e. The van der Waals surface area contributed by atoms with Crippen LogP contribution in [0.3, 0.4) is 0 Å². The number of sulfonamides is 1.